The lowest BCUT2D eigenvalue weighted by atomic mass is 10.4. The normalized spacial score (nSPS) is 14.6. The van der Waals surface area contributed by atoms with Gasteiger partial charge in [0.2, 0.25) is 0 Å². The van der Waals surface area contributed by atoms with E-state index in [2.05, 4.69) is 72.4 Å². The molecule has 0 spiro atoms. The molecule has 0 aliphatic heterocycles. The number of carbonyl (C=O) groups excluding carboxylic acids is 1. The molecule has 0 heterocycles. The summed E-state index contributed by atoms with van der Waals surface area (Å²) < 4.78 is 31.7. The number of hydrogen-bond acceptors (Lipinski definition) is 6. The Morgan fingerprint density at radius 2 is 1.24 bits per heavy atom. The van der Waals surface area contributed by atoms with E-state index >= 15 is 0 Å². The van der Waals surface area contributed by atoms with Gasteiger partial charge in [-0.15, -0.1) is 0 Å². The first-order valence-electron chi connectivity index (χ1n) is 10.5. The fraction of sp³-hybridized carbons (Fsp3) is 0.842. The molecule has 0 aromatic rings. The van der Waals surface area contributed by atoms with Crippen LogP contribution in [0, 0.1) is 0 Å². The summed E-state index contributed by atoms with van der Waals surface area (Å²) in [6, 6.07) is 0. The van der Waals surface area contributed by atoms with E-state index in [1.54, 1.807) is 6.92 Å². The van der Waals surface area contributed by atoms with Crippen molar-refractivity contribution in [3.05, 3.63) is 12.2 Å². The van der Waals surface area contributed by atoms with Crippen molar-refractivity contribution in [1.29, 1.82) is 0 Å². The highest BCUT2D eigenvalue weighted by Gasteiger charge is 2.56. The first kappa shape index (κ1) is 28.9. The molecule has 0 aliphatic rings. The third-order valence-electron chi connectivity index (χ3n) is 3.30. The Bertz CT molecular complexity index is 493. The molecule has 0 fully saturated rings. The molecule has 1 unspecified atom stereocenters. The van der Waals surface area contributed by atoms with E-state index < -0.39 is 33.8 Å². The fourth-order valence-electron chi connectivity index (χ4n) is 2.58. The van der Waals surface area contributed by atoms with Gasteiger partial charge >= 0.3 is 14.8 Å². The maximum Gasteiger partial charge on any atom is 0.500 e. The monoisotopic (exact) mass is 480 g/mol. The third-order valence-corrected chi connectivity index (χ3v) is 15.4. The molecule has 0 saturated carbocycles. The second-order valence-corrected chi connectivity index (χ2v) is 27.3. The molecule has 29 heavy (non-hydrogen) atoms. The van der Waals surface area contributed by atoms with Gasteiger partial charge in [-0.1, -0.05) is 13.5 Å². The van der Waals surface area contributed by atoms with Crippen molar-refractivity contribution in [2.45, 2.75) is 91.3 Å². The van der Waals surface area contributed by atoms with Gasteiger partial charge in [-0.05, 0) is 72.3 Å². The van der Waals surface area contributed by atoms with Crippen molar-refractivity contribution in [2.75, 3.05) is 13.2 Å². The largest absolute Gasteiger partial charge is 0.500 e. The van der Waals surface area contributed by atoms with Crippen LogP contribution >= 0.6 is 0 Å². The summed E-state index contributed by atoms with van der Waals surface area (Å²) in [7, 11) is -8.96. The number of ether oxygens (including phenoxy) is 2. The molecule has 0 aliphatic carbocycles. The Hall–Kier alpha value is -0.0825. The van der Waals surface area contributed by atoms with Crippen LogP contribution in [0.25, 0.3) is 0 Å². The molecule has 10 heteroatoms. The molecule has 0 bridgehead atoms. The lowest BCUT2D eigenvalue weighted by Gasteiger charge is -2.46. The SMILES string of the molecule is C=C(C)C(=O)OCCCOC(CC)[Si](O[Si](C)(C)C)(O[Si](C)(C)C)O[Si](C)(C)C. The number of esters is 1. The fourth-order valence-corrected chi connectivity index (χ4v) is 16.8. The molecule has 1 atom stereocenters. The minimum atomic E-state index is -3.09. The van der Waals surface area contributed by atoms with Gasteiger partial charge in [0.1, 0.15) is 5.73 Å². The molecule has 0 N–H and O–H groups in total. The van der Waals surface area contributed by atoms with Crippen LogP contribution in [0.3, 0.4) is 0 Å². The Balaban J connectivity index is 5.49. The molecule has 0 rings (SSSR count). The summed E-state index contributed by atoms with van der Waals surface area (Å²) in [5.74, 6) is -0.369. The Labute approximate surface area is 183 Å². The summed E-state index contributed by atoms with van der Waals surface area (Å²) in [6.07, 6.45) is 1.35. The van der Waals surface area contributed by atoms with E-state index in [4.69, 9.17) is 21.8 Å². The van der Waals surface area contributed by atoms with Gasteiger partial charge in [0.15, 0.2) is 25.0 Å². The van der Waals surface area contributed by atoms with Gasteiger partial charge in [-0.3, -0.25) is 0 Å². The van der Waals surface area contributed by atoms with E-state index in [0.29, 0.717) is 25.2 Å². The molecule has 6 nitrogen and oxygen atoms in total. The molecule has 0 aromatic carbocycles. The van der Waals surface area contributed by atoms with Crippen molar-refractivity contribution >= 4 is 39.7 Å². The van der Waals surface area contributed by atoms with E-state index in [1.807, 2.05) is 0 Å². The highest BCUT2D eigenvalue weighted by Crippen LogP contribution is 2.31. The molecule has 0 aromatic heterocycles. The van der Waals surface area contributed by atoms with E-state index in [0.717, 1.165) is 6.42 Å². The summed E-state index contributed by atoms with van der Waals surface area (Å²) in [4.78, 5) is 11.5. The highest BCUT2D eigenvalue weighted by atomic mass is 28.5. The molecular formula is C19H44O6Si4. The van der Waals surface area contributed by atoms with E-state index in [-0.39, 0.29) is 11.7 Å². The van der Waals surface area contributed by atoms with Crippen molar-refractivity contribution in [1.82, 2.24) is 0 Å². The Morgan fingerprint density at radius 1 is 0.828 bits per heavy atom. The molecule has 0 radical (unpaired) electrons. The van der Waals surface area contributed by atoms with Crippen molar-refractivity contribution < 1.29 is 26.6 Å². The molecular weight excluding hydrogens is 437 g/mol. The van der Waals surface area contributed by atoms with Crippen molar-refractivity contribution in [3.63, 3.8) is 0 Å². The summed E-state index contributed by atoms with van der Waals surface area (Å²) in [5.41, 5.74) is 0.170. The second kappa shape index (κ2) is 11.5. The average Bonchev–Trinajstić information content (AvgIpc) is 2.44. The van der Waals surface area contributed by atoms with Gasteiger partial charge in [0, 0.05) is 12.0 Å². The predicted octanol–water partition coefficient (Wildman–Crippen LogP) is 5.32. The van der Waals surface area contributed by atoms with Crippen molar-refractivity contribution in [3.8, 4) is 0 Å². The third kappa shape index (κ3) is 13.0. The van der Waals surface area contributed by atoms with Gasteiger partial charge < -0.3 is 21.8 Å². The highest BCUT2D eigenvalue weighted by molar-refractivity contribution is 6.90. The van der Waals surface area contributed by atoms with Gasteiger partial charge in [-0.2, -0.15) is 0 Å². The van der Waals surface area contributed by atoms with Crippen LogP contribution in [0.15, 0.2) is 12.2 Å². The average molecular weight is 481 g/mol. The molecule has 0 amide bonds. The van der Waals surface area contributed by atoms with Crippen LogP contribution in [0.2, 0.25) is 58.9 Å². The second-order valence-electron chi connectivity index (χ2n) is 10.3. The zero-order chi connectivity index (χ0) is 23.1. The van der Waals surface area contributed by atoms with Crippen LogP contribution in [0.4, 0.5) is 0 Å². The lowest BCUT2D eigenvalue weighted by molar-refractivity contribution is -0.139. The van der Waals surface area contributed by atoms with Crippen LogP contribution in [-0.2, 0) is 26.6 Å². The molecule has 0 saturated heterocycles. The van der Waals surface area contributed by atoms with Crippen LogP contribution in [0.1, 0.15) is 26.7 Å². The molecule has 172 valence electrons. The van der Waals surface area contributed by atoms with E-state index in [1.165, 1.54) is 0 Å². The summed E-state index contributed by atoms with van der Waals surface area (Å²) in [6.45, 7) is 27.6. The predicted molar refractivity (Wildman–Crippen MR) is 129 cm³/mol. The standard InChI is InChI=1S/C19H44O6Si4/c1-13-18(21-15-14-16-22-19(20)17(2)3)29(23-26(4,5)6,24-27(7,8)9)25-28(10,11)12/h18H,2,13-16H2,1,3-12H3. The number of hydrogen-bond donors (Lipinski definition) is 0. The Morgan fingerprint density at radius 3 is 1.55 bits per heavy atom. The topological polar surface area (TPSA) is 63.2 Å². The maximum atomic E-state index is 11.5. The zero-order valence-corrected chi connectivity index (χ0v) is 24.6. The zero-order valence-electron chi connectivity index (χ0n) is 20.6. The quantitative estimate of drug-likeness (QED) is 0.145. The van der Waals surface area contributed by atoms with Crippen LogP contribution < -0.4 is 0 Å². The Kier molecular flexibility index (Phi) is 11.5. The van der Waals surface area contributed by atoms with Crippen LogP contribution in [0.5, 0.6) is 0 Å². The van der Waals surface area contributed by atoms with Crippen LogP contribution in [-0.4, -0.2) is 58.7 Å². The van der Waals surface area contributed by atoms with Gasteiger partial charge in [0.05, 0.1) is 13.2 Å². The minimum absolute atomic E-state index is 0.232. The van der Waals surface area contributed by atoms with Gasteiger partial charge in [0.25, 0.3) is 0 Å². The first-order valence-corrected chi connectivity index (χ1v) is 22.5. The lowest BCUT2D eigenvalue weighted by Crippen LogP contribution is -2.67. The first-order chi connectivity index (χ1) is 12.9. The van der Waals surface area contributed by atoms with Crippen molar-refractivity contribution in [2.24, 2.45) is 0 Å². The maximum absolute atomic E-state index is 11.5. The summed E-state index contributed by atoms with van der Waals surface area (Å²) in [5, 5.41) is 0. The minimum Gasteiger partial charge on any atom is -0.462 e. The number of rotatable bonds is 14. The summed E-state index contributed by atoms with van der Waals surface area (Å²) >= 11 is 0. The smallest absolute Gasteiger partial charge is 0.462 e. The van der Waals surface area contributed by atoms with Gasteiger partial charge in [-0.25, -0.2) is 4.79 Å². The van der Waals surface area contributed by atoms with E-state index in [9.17, 15) is 4.79 Å². The number of carbonyl (C=O) groups is 1.